The van der Waals surface area contributed by atoms with Crippen LogP contribution in [-0.4, -0.2) is 58.5 Å². The normalized spacial score (nSPS) is 16.9. The molecule has 1 fully saturated rings. The fourth-order valence-electron chi connectivity index (χ4n) is 3.79. The van der Waals surface area contributed by atoms with Gasteiger partial charge in [0, 0.05) is 56.5 Å². The molecule has 0 saturated carbocycles. The van der Waals surface area contributed by atoms with E-state index in [1.54, 1.807) is 6.20 Å². The molecule has 1 aliphatic heterocycles. The summed E-state index contributed by atoms with van der Waals surface area (Å²) in [6.45, 7) is 4.98. The molecule has 0 amide bonds. The van der Waals surface area contributed by atoms with Gasteiger partial charge in [0.1, 0.15) is 5.75 Å². The second-order valence-electron chi connectivity index (χ2n) is 6.96. The average molecular weight is 351 g/mol. The van der Waals surface area contributed by atoms with Crippen molar-refractivity contribution < 1.29 is 10.2 Å². The molecule has 2 heterocycles. The molecule has 1 aromatic heterocycles. The second-order valence-corrected chi connectivity index (χ2v) is 6.96. The lowest BCUT2D eigenvalue weighted by Gasteiger charge is -2.37. The molecular weight excluding hydrogens is 326 g/mol. The molecule has 2 N–H and O–H groups in total. The van der Waals surface area contributed by atoms with Crippen LogP contribution < -0.4 is 4.90 Å². The molecule has 5 heteroatoms. The van der Waals surface area contributed by atoms with Gasteiger partial charge in [0.15, 0.2) is 0 Å². The van der Waals surface area contributed by atoms with Crippen LogP contribution in [0.25, 0.3) is 10.9 Å². The number of hydrogen-bond acceptors (Lipinski definition) is 4. The Hall–Kier alpha value is -2.50. The molecule has 1 aliphatic rings. The largest absolute Gasteiger partial charge is 0.506 e. The van der Waals surface area contributed by atoms with Gasteiger partial charge in [-0.1, -0.05) is 30.3 Å². The molecule has 1 unspecified atom stereocenters. The Kier molecular flexibility index (Phi) is 4.82. The molecule has 4 rings (SSSR count). The maximum atomic E-state index is 10.5. The minimum Gasteiger partial charge on any atom is -0.506 e. The molecular formula is C21H25N3O2. The first-order chi connectivity index (χ1) is 12.7. The van der Waals surface area contributed by atoms with E-state index in [9.17, 15) is 10.2 Å². The third kappa shape index (κ3) is 3.54. The Morgan fingerprint density at radius 3 is 2.31 bits per heavy atom. The minimum absolute atomic E-state index is 0.268. The molecule has 0 bridgehead atoms. The molecule has 0 spiro atoms. The number of aliphatic hydroxyl groups excluding tert-OH is 1. The third-order valence-electron chi connectivity index (χ3n) is 5.14. The molecule has 2 aromatic carbocycles. The number of aromatic hydroxyl groups is 1. The van der Waals surface area contributed by atoms with Gasteiger partial charge in [-0.3, -0.25) is 4.90 Å². The number of anilines is 1. The monoisotopic (exact) mass is 351 g/mol. The number of fused-ring (bicyclic) bond motifs is 1. The number of aliphatic hydroxyl groups is 1. The Balaban J connectivity index is 1.33. The zero-order chi connectivity index (χ0) is 17.9. The highest BCUT2D eigenvalue weighted by atomic mass is 16.3. The van der Waals surface area contributed by atoms with Crippen LogP contribution in [-0.2, 0) is 6.54 Å². The van der Waals surface area contributed by atoms with Crippen molar-refractivity contribution in [1.82, 2.24) is 9.47 Å². The molecule has 26 heavy (non-hydrogen) atoms. The molecule has 5 nitrogen and oxygen atoms in total. The molecule has 0 radical (unpaired) electrons. The number of aromatic nitrogens is 1. The zero-order valence-corrected chi connectivity index (χ0v) is 14.8. The van der Waals surface area contributed by atoms with Crippen LogP contribution in [0.3, 0.4) is 0 Å². The van der Waals surface area contributed by atoms with Crippen LogP contribution in [0.2, 0.25) is 0 Å². The number of hydrogen-bond donors (Lipinski definition) is 2. The molecule has 1 atom stereocenters. The first-order valence-electron chi connectivity index (χ1n) is 9.18. The van der Waals surface area contributed by atoms with Gasteiger partial charge >= 0.3 is 0 Å². The van der Waals surface area contributed by atoms with Gasteiger partial charge in [-0.05, 0) is 24.3 Å². The Morgan fingerprint density at radius 2 is 1.54 bits per heavy atom. The highest BCUT2D eigenvalue weighted by Gasteiger charge is 2.20. The lowest BCUT2D eigenvalue weighted by atomic mass is 10.2. The van der Waals surface area contributed by atoms with Crippen molar-refractivity contribution in [3.63, 3.8) is 0 Å². The average Bonchev–Trinajstić information content (AvgIpc) is 2.99. The number of para-hydroxylation sites is 2. The molecule has 136 valence electrons. The summed E-state index contributed by atoms with van der Waals surface area (Å²) in [5.41, 5.74) is 2.22. The zero-order valence-electron chi connectivity index (χ0n) is 14.8. The topological polar surface area (TPSA) is 51.9 Å². The van der Waals surface area contributed by atoms with Crippen molar-refractivity contribution in [1.29, 1.82) is 0 Å². The summed E-state index contributed by atoms with van der Waals surface area (Å²) >= 11 is 0. The number of piperazine rings is 1. The first-order valence-corrected chi connectivity index (χ1v) is 9.18. The SMILES string of the molecule is Oc1cn(CC(O)CN2CCN(c3ccccc3)CC2)c2ccccc12. The maximum Gasteiger partial charge on any atom is 0.141 e. The van der Waals surface area contributed by atoms with Gasteiger partial charge in [-0.15, -0.1) is 0 Å². The van der Waals surface area contributed by atoms with Crippen molar-refractivity contribution in [3.8, 4) is 5.75 Å². The standard InChI is InChI=1S/C21H25N3O2/c25-18(15-24-16-21(26)19-8-4-5-9-20(19)24)14-22-10-12-23(13-11-22)17-6-2-1-3-7-17/h1-9,16,18,25-26H,10-15H2. The van der Waals surface area contributed by atoms with E-state index in [0.29, 0.717) is 13.1 Å². The number of benzene rings is 2. The predicted molar refractivity (Wildman–Crippen MR) is 105 cm³/mol. The lowest BCUT2D eigenvalue weighted by Crippen LogP contribution is -2.49. The molecule has 3 aromatic rings. The van der Waals surface area contributed by atoms with Crippen LogP contribution in [0.15, 0.2) is 60.8 Å². The maximum absolute atomic E-state index is 10.5. The fraction of sp³-hybridized carbons (Fsp3) is 0.333. The van der Waals surface area contributed by atoms with E-state index >= 15 is 0 Å². The van der Waals surface area contributed by atoms with Crippen molar-refractivity contribution in [2.45, 2.75) is 12.6 Å². The molecule has 0 aliphatic carbocycles. The van der Waals surface area contributed by atoms with E-state index in [4.69, 9.17) is 0 Å². The summed E-state index contributed by atoms with van der Waals surface area (Å²) in [5.74, 6) is 0.268. The number of rotatable bonds is 5. The van der Waals surface area contributed by atoms with E-state index in [1.165, 1.54) is 5.69 Å². The highest BCUT2D eigenvalue weighted by molar-refractivity contribution is 5.86. The van der Waals surface area contributed by atoms with E-state index in [-0.39, 0.29) is 5.75 Å². The van der Waals surface area contributed by atoms with Crippen molar-refractivity contribution in [3.05, 3.63) is 60.8 Å². The Bertz CT molecular complexity index is 854. The lowest BCUT2D eigenvalue weighted by molar-refractivity contribution is 0.0959. The van der Waals surface area contributed by atoms with Crippen molar-refractivity contribution >= 4 is 16.6 Å². The van der Waals surface area contributed by atoms with Crippen LogP contribution >= 0.6 is 0 Å². The minimum atomic E-state index is -0.464. The van der Waals surface area contributed by atoms with Crippen LogP contribution in [0.1, 0.15) is 0 Å². The Labute approximate surface area is 153 Å². The predicted octanol–water partition coefficient (Wildman–Crippen LogP) is 2.53. The quantitative estimate of drug-likeness (QED) is 0.742. The number of β-amino-alcohol motifs (C(OH)–C–C–N with tert-alkyl or cyclic N) is 1. The Morgan fingerprint density at radius 1 is 0.846 bits per heavy atom. The third-order valence-corrected chi connectivity index (χ3v) is 5.14. The summed E-state index contributed by atoms with van der Waals surface area (Å²) < 4.78 is 1.94. The van der Waals surface area contributed by atoms with Crippen molar-refractivity contribution in [2.75, 3.05) is 37.6 Å². The summed E-state index contributed by atoms with van der Waals surface area (Å²) in [5, 5.41) is 21.4. The van der Waals surface area contributed by atoms with E-state index in [1.807, 2.05) is 34.9 Å². The van der Waals surface area contributed by atoms with Crippen LogP contribution in [0.5, 0.6) is 5.75 Å². The van der Waals surface area contributed by atoms with E-state index in [2.05, 4.69) is 34.1 Å². The van der Waals surface area contributed by atoms with Gasteiger partial charge in [0.05, 0.1) is 11.6 Å². The number of nitrogens with zero attached hydrogens (tertiary/aromatic N) is 3. The van der Waals surface area contributed by atoms with Gasteiger partial charge in [0.2, 0.25) is 0 Å². The van der Waals surface area contributed by atoms with Gasteiger partial charge in [-0.2, -0.15) is 0 Å². The van der Waals surface area contributed by atoms with Gasteiger partial charge < -0.3 is 19.7 Å². The molecule has 1 saturated heterocycles. The fourth-order valence-corrected chi connectivity index (χ4v) is 3.79. The summed E-state index contributed by atoms with van der Waals surface area (Å²) in [6.07, 6.45) is 1.25. The van der Waals surface area contributed by atoms with E-state index in [0.717, 1.165) is 37.1 Å². The highest BCUT2D eigenvalue weighted by Crippen LogP contribution is 2.26. The van der Waals surface area contributed by atoms with Crippen molar-refractivity contribution in [2.24, 2.45) is 0 Å². The first kappa shape index (κ1) is 16.9. The summed E-state index contributed by atoms with van der Waals surface area (Å²) in [7, 11) is 0. The van der Waals surface area contributed by atoms with Gasteiger partial charge in [-0.25, -0.2) is 0 Å². The van der Waals surface area contributed by atoms with Gasteiger partial charge in [0.25, 0.3) is 0 Å². The summed E-state index contributed by atoms with van der Waals surface area (Å²) in [4.78, 5) is 4.70. The second kappa shape index (κ2) is 7.40. The smallest absolute Gasteiger partial charge is 0.141 e. The van der Waals surface area contributed by atoms with Crippen LogP contribution in [0, 0.1) is 0 Å². The summed E-state index contributed by atoms with van der Waals surface area (Å²) in [6, 6.07) is 18.2. The van der Waals surface area contributed by atoms with E-state index < -0.39 is 6.10 Å². The van der Waals surface area contributed by atoms with Crippen LogP contribution in [0.4, 0.5) is 5.69 Å².